The first-order valence-electron chi connectivity index (χ1n) is 6.36. The fourth-order valence-corrected chi connectivity index (χ4v) is 2.54. The summed E-state index contributed by atoms with van der Waals surface area (Å²) in [6, 6.07) is 3.27. The third-order valence-corrected chi connectivity index (χ3v) is 3.87. The summed E-state index contributed by atoms with van der Waals surface area (Å²) in [5, 5.41) is 9.36. The number of carboxylic acids is 1. The lowest BCUT2D eigenvalue weighted by atomic mass is 9.88. The number of benzene rings is 1. The van der Waals surface area contributed by atoms with E-state index >= 15 is 0 Å². The van der Waals surface area contributed by atoms with Gasteiger partial charge in [0.05, 0.1) is 0 Å². The van der Waals surface area contributed by atoms with E-state index in [1.54, 1.807) is 11.8 Å². The van der Waals surface area contributed by atoms with Crippen molar-refractivity contribution in [3.63, 3.8) is 0 Å². The van der Waals surface area contributed by atoms with Crippen molar-refractivity contribution in [2.75, 3.05) is 6.54 Å². The Morgan fingerprint density at radius 2 is 2.16 bits per heavy atom. The Hall–Kier alpha value is -1.49. The molecule has 0 spiro atoms. The van der Waals surface area contributed by atoms with E-state index in [0.29, 0.717) is 13.0 Å². The molecule has 104 valence electrons. The molecule has 1 fully saturated rings. The zero-order chi connectivity index (χ0) is 14.0. The van der Waals surface area contributed by atoms with Gasteiger partial charge in [0.15, 0.2) is 0 Å². The van der Waals surface area contributed by atoms with Crippen LogP contribution >= 0.6 is 0 Å². The first-order chi connectivity index (χ1) is 8.93. The van der Waals surface area contributed by atoms with Crippen molar-refractivity contribution in [3.05, 3.63) is 35.4 Å². The van der Waals surface area contributed by atoms with Gasteiger partial charge >= 0.3 is 5.97 Å². The molecule has 19 heavy (non-hydrogen) atoms. The van der Waals surface area contributed by atoms with Gasteiger partial charge in [0, 0.05) is 12.1 Å². The van der Waals surface area contributed by atoms with Crippen LogP contribution < -0.4 is 0 Å². The van der Waals surface area contributed by atoms with E-state index in [0.717, 1.165) is 31.0 Å². The van der Waals surface area contributed by atoms with E-state index in [9.17, 15) is 18.7 Å². The van der Waals surface area contributed by atoms with Crippen molar-refractivity contribution in [1.82, 2.24) is 4.90 Å². The van der Waals surface area contributed by atoms with Gasteiger partial charge in [0.25, 0.3) is 0 Å². The molecule has 1 atom stereocenters. The normalized spacial score (nSPS) is 24.4. The van der Waals surface area contributed by atoms with Crippen molar-refractivity contribution >= 4 is 5.97 Å². The molecule has 3 nitrogen and oxygen atoms in total. The van der Waals surface area contributed by atoms with Crippen molar-refractivity contribution in [3.8, 4) is 0 Å². The average Bonchev–Trinajstić information content (AvgIpc) is 2.36. The summed E-state index contributed by atoms with van der Waals surface area (Å²) in [6.45, 7) is 2.34. The zero-order valence-corrected chi connectivity index (χ0v) is 10.8. The summed E-state index contributed by atoms with van der Waals surface area (Å²) in [5.74, 6) is -1.92. The molecule has 5 heteroatoms. The summed E-state index contributed by atoms with van der Waals surface area (Å²) in [7, 11) is 0. The summed E-state index contributed by atoms with van der Waals surface area (Å²) in [5.41, 5.74) is -0.800. The molecule has 0 aromatic heterocycles. The van der Waals surface area contributed by atoms with Crippen LogP contribution in [0.15, 0.2) is 18.2 Å². The minimum absolute atomic E-state index is 0.117. The van der Waals surface area contributed by atoms with Gasteiger partial charge in [-0.15, -0.1) is 0 Å². The maximum Gasteiger partial charge on any atom is 0.323 e. The molecular weight excluding hydrogens is 252 g/mol. The van der Waals surface area contributed by atoms with Gasteiger partial charge in [-0.2, -0.15) is 0 Å². The Kier molecular flexibility index (Phi) is 3.85. The van der Waals surface area contributed by atoms with Gasteiger partial charge < -0.3 is 5.11 Å². The number of carbonyl (C=O) groups is 1. The molecular formula is C14H17F2NO2. The van der Waals surface area contributed by atoms with E-state index < -0.39 is 23.1 Å². The van der Waals surface area contributed by atoms with Crippen LogP contribution in [-0.4, -0.2) is 28.1 Å². The summed E-state index contributed by atoms with van der Waals surface area (Å²) in [6.07, 6.45) is 2.24. The number of hydrogen-bond acceptors (Lipinski definition) is 2. The molecule has 1 heterocycles. The minimum Gasteiger partial charge on any atom is -0.480 e. The lowest BCUT2D eigenvalue weighted by Gasteiger charge is -2.41. The van der Waals surface area contributed by atoms with Crippen LogP contribution in [0.25, 0.3) is 0 Å². The maximum atomic E-state index is 13.6. The van der Waals surface area contributed by atoms with Crippen molar-refractivity contribution in [2.45, 2.75) is 38.3 Å². The van der Waals surface area contributed by atoms with Crippen LogP contribution in [0, 0.1) is 11.6 Å². The van der Waals surface area contributed by atoms with Gasteiger partial charge in [-0.25, -0.2) is 8.78 Å². The number of hydrogen-bond donors (Lipinski definition) is 1. The van der Waals surface area contributed by atoms with Gasteiger partial charge in [-0.3, -0.25) is 9.69 Å². The highest BCUT2D eigenvalue weighted by Gasteiger charge is 2.41. The molecule has 0 bridgehead atoms. The zero-order valence-electron chi connectivity index (χ0n) is 10.8. The lowest BCUT2D eigenvalue weighted by molar-refractivity contribution is -0.153. The van der Waals surface area contributed by atoms with E-state index in [1.165, 1.54) is 0 Å². The molecule has 1 unspecified atom stereocenters. The predicted octanol–water partition coefficient (Wildman–Crippen LogP) is 2.79. The highest BCUT2D eigenvalue weighted by molar-refractivity contribution is 5.78. The van der Waals surface area contributed by atoms with Gasteiger partial charge in [0.1, 0.15) is 17.2 Å². The van der Waals surface area contributed by atoms with Crippen molar-refractivity contribution < 1.29 is 18.7 Å². The molecule has 1 aromatic carbocycles. The fraction of sp³-hybridized carbons (Fsp3) is 0.500. The number of rotatable bonds is 3. The van der Waals surface area contributed by atoms with Gasteiger partial charge in [0.2, 0.25) is 0 Å². The molecule has 0 amide bonds. The molecule has 0 aliphatic carbocycles. The molecule has 0 radical (unpaired) electrons. The average molecular weight is 269 g/mol. The molecule has 1 aromatic rings. The molecule has 1 aliphatic heterocycles. The lowest BCUT2D eigenvalue weighted by Crippen LogP contribution is -2.54. The number of piperidine rings is 1. The van der Waals surface area contributed by atoms with Crippen LogP contribution in [-0.2, 0) is 11.3 Å². The van der Waals surface area contributed by atoms with Crippen LogP contribution in [0.2, 0.25) is 0 Å². The number of likely N-dealkylation sites (tertiary alicyclic amines) is 1. The van der Waals surface area contributed by atoms with E-state index in [1.807, 2.05) is 0 Å². The molecule has 1 N–H and O–H groups in total. The number of aliphatic carboxylic acids is 1. The second kappa shape index (κ2) is 5.25. The van der Waals surface area contributed by atoms with E-state index in [-0.39, 0.29) is 12.1 Å². The van der Waals surface area contributed by atoms with Crippen molar-refractivity contribution in [2.24, 2.45) is 0 Å². The first kappa shape index (κ1) is 13.9. The number of halogens is 2. The number of nitrogens with zero attached hydrogens (tertiary/aromatic N) is 1. The smallest absolute Gasteiger partial charge is 0.323 e. The molecule has 1 aliphatic rings. The largest absolute Gasteiger partial charge is 0.480 e. The Morgan fingerprint density at radius 1 is 1.42 bits per heavy atom. The third-order valence-electron chi connectivity index (χ3n) is 3.87. The summed E-state index contributed by atoms with van der Waals surface area (Å²) >= 11 is 0. The summed E-state index contributed by atoms with van der Waals surface area (Å²) < 4.78 is 26.8. The van der Waals surface area contributed by atoms with Crippen LogP contribution in [0.4, 0.5) is 8.78 Å². The fourth-order valence-electron chi connectivity index (χ4n) is 2.54. The Morgan fingerprint density at radius 3 is 2.84 bits per heavy atom. The quantitative estimate of drug-likeness (QED) is 0.917. The van der Waals surface area contributed by atoms with E-state index in [4.69, 9.17) is 0 Å². The number of carboxylic acid groups (broad SMARTS) is 1. The SMILES string of the molecule is CC1(C(=O)O)CCCCN1Cc1cc(F)ccc1F. The summed E-state index contributed by atoms with van der Waals surface area (Å²) in [4.78, 5) is 13.1. The highest BCUT2D eigenvalue weighted by Crippen LogP contribution is 2.30. The molecule has 1 saturated heterocycles. The van der Waals surface area contributed by atoms with Crippen LogP contribution in [0.5, 0.6) is 0 Å². The molecule has 0 saturated carbocycles. The van der Waals surface area contributed by atoms with Gasteiger partial charge in [-0.05, 0) is 50.9 Å². The Labute approximate surface area is 110 Å². The standard InChI is InChI=1S/C14H17F2NO2/c1-14(13(18)19)6-2-3-7-17(14)9-10-8-11(15)4-5-12(10)16/h4-5,8H,2-3,6-7,9H2,1H3,(H,18,19). The Balaban J connectivity index is 2.25. The molecule has 2 rings (SSSR count). The van der Waals surface area contributed by atoms with Gasteiger partial charge in [-0.1, -0.05) is 0 Å². The Bertz CT molecular complexity index is 492. The van der Waals surface area contributed by atoms with E-state index in [2.05, 4.69) is 0 Å². The minimum atomic E-state index is -1.00. The topological polar surface area (TPSA) is 40.5 Å². The highest BCUT2D eigenvalue weighted by atomic mass is 19.1. The second-order valence-electron chi connectivity index (χ2n) is 5.19. The maximum absolute atomic E-state index is 13.6. The first-order valence-corrected chi connectivity index (χ1v) is 6.36. The predicted molar refractivity (Wildman–Crippen MR) is 66.7 cm³/mol. The second-order valence-corrected chi connectivity index (χ2v) is 5.19. The van der Waals surface area contributed by atoms with Crippen LogP contribution in [0.1, 0.15) is 31.7 Å². The van der Waals surface area contributed by atoms with Crippen LogP contribution in [0.3, 0.4) is 0 Å². The monoisotopic (exact) mass is 269 g/mol. The van der Waals surface area contributed by atoms with Crippen molar-refractivity contribution in [1.29, 1.82) is 0 Å². The third kappa shape index (κ3) is 2.76.